The first kappa shape index (κ1) is 12.1. The van der Waals surface area contributed by atoms with Gasteiger partial charge in [0.2, 0.25) is 5.95 Å². The Morgan fingerprint density at radius 3 is 2.84 bits per heavy atom. The molecule has 96 valence electrons. The molecular weight excluding hydrogens is 258 g/mol. The van der Waals surface area contributed by atoms with Gasteiger partial charge in [0.05, 0.1) is 17.6 Å². The third kappa shape index (κ3) is 2.29. The van der Waals surface area contributed by atoms with E-state index < -0.39 is 0 Å². The molecule has 0 aliphatic heterocycles. The smallest absolute Gasteiger partial charge is 0.201 e. The van der Waals surface area contributed by atoms with E-state index in [0.717, 1.165) is 21.6 Å². The van der Waals surface area contributed by atoms with Crippen molar-refractivity contribution in [1.82, 2.24) is 9.55 Å². The van der Waals surface area contributed by atoms with E-state index >= 15 is 0 Å². The molecule has 0 spiro atoms. The SMILES string of the molecule is Cc1ccc2nc(N)n(Cc3cccc(Cl)c3)c2c1. The molecule has 0 amide bonds. The summed E-state index contributed by atoms with van der Waals surface area (Å²) in [6.45, 7) is 2.73. The molecule has 2 N–H and O–H groups in total. The molecule has 19 heavy (non-hydrogen) atoms. The van der Waals surface area contributed by atoms with Crippen LogP contribution in [-0.2, 0) is 6.54 Å². The lowest BCUT2D eigenvalue weighted by molar-refractivity contribution is 0.838. The summed E-state index contributed by atoms with van der Waals surface area (Å²) in [4.78, 5) is 4.38. The zero-order valence-corrected chi connectivity index (χ0v) is 11.4. The van der Waals surface area contributed by atoms with Crippen LogP contribution in [-0.4, -0.2) is 9.55 Å². The lowest BCUT2D eigenvalue weighted by Gasteiger charge is -2.07. The number of hydrogen-bond donors (Lipinski definition) is 1. The molecule has 0 bridgehead atoms. The number of hydrogen-bond acceptors (Lipinski definition) is 2. The quantitative estimate of drug-likeness (QED) is 0.773. The second-order valence-electron chi connectivity index (χ2n) is 4.68. The highest BCUT2D eigenvalue weighted by Crippen LogP contribution is 2.21. The van der Waals surface area contributed by atoms with Crippen molar-refractivity contribution in [2.24, 2.45) is 0 Å². The molecular formula is C15H14ClN3. The minimum absolute atomic E-state index is 0.528. The highest BCUT2D eigenvalue weighted by molar-refractivity contribution is 6.30. The number of nitrogens with two attached hydrogens (primary N) is 1. The third-order valence-corrected chi connectivity index (χ3v) is 3.40. The Morgan fingerprint density at radius 2 is 2.05 bits per heavy atom. The molecule has 1 heterocycles. The summed E-state index contributed by atoms with van der Waals surface area (Å²) in [5.41, 5.74) is 10.3. The molecule has 2 aromatic carbocycles. The maximum Gasteiger partial charge on any atom is 0.201 e. The number of aromatic nitrogens is 2. The van der Waals surface area contributed by atoms with Gasteiger partial charge in [-0.3, -0.25) is 0 Å². The van der Waals surface area contributed by atoms with E-state index in [1.165, 1.54) is 5.56 Å². The Bertz CT molecular complexity index is 746. The first-order valence-corrected chi connectivity index (χ1v) is 6.48. The summed E-state index contributed by atoms with van der Waals surface area (Å²) in [5, 5.41) is 0.733. The number of aryl methyl sites for hydroxylation is 1. The lowest BCUT2D eigenvalue weighted by atomic mass is 10.2. The second kappa shape index (κ2) is 4.59. The van der Waals surface area contributed by atoms with Crippen molar-refractivity contribution in [3.05, 3.63) is 58.6 Å². The number of benzene rings is 2. The van der Waals surface area contributed by atoms with Crippen LogP contribution in [0.5, 0.6) is 0 Å². The van der Waals surface area contributed by atoms with Crippen LogP contribution in [0, 0.1) is 6.92 Å². The third-order valence-electron chi connectivity index (χ3n) is 3.16. The number of nitrogen functional groups attached to an aromatic ring is 1. The number of nitrogens with zero attached hydrogens (tertiary/aromatic N) is 2. The van der Waals surface area contributed by atoms with Crippen LogP contribution in [0.1, 0.15) is 11.1 Å². The largest absolute Gasteiger partial charge is 0.369 e. The Hall–Kier alpha value is -2.00. The Kier molecular flexibility index (Phi) is 2.91. The highest BCUT2D eigenvalue weighted by atomic mass is 35.5. The second-order valence-corrected chi connectivity index (χ2v) is 5.11. The molecule has 1 aromatic heterocycles. The van der Waals surface area contributed by atoms with E-state index in [9.17, 15) is 0 Å². The number of rotatable bonds is 2. The van der Waals surface area contributed by atoms with Crippen LogP contribution in [0.15, 0.2) is 42.5 Å². The van der Waals surface area contributed by atoms with E-state index in [2.05, 4.69) is 18.0 Å². The maximum absolute atomic E-state index is 6.01. The first-order valence-electron chi connectivity index (χ1n) is 6.10. The average molecular weight is 272 g/mol. The molecule has 3 aromatic rings. The highest BCUT2D eigenvalue weighted by Gasteiger charge is 2.08. The fourth-order valence-electron chi connectivity index (χ4n) is 2.24. The summed E-state index contributed by atoms with van der Waals surface area (Å²) < 4.78 is 2.01. The van der Waals surface area contributed by atoms with Gasteiger partial charge in [0.1, 0.15) is 0 Å². The normalized spacial score (nSPS) is 11.1. The summed E-state index contributed by atoms with van der Waals surface area (Å²) in [5.74, 6) is 0.528. The van der Waals surface area contributed by atoms with Crippen LogP contribution in [0.3, 0.4) is 0 Å². The van der Waals surface area contributed by atoms with Gasteiger partial charge in [0.25, 0.3) is 0 Å². The molecule has 0 saturated carbocycles. The summed E-state index contributed by atoms with van der Waals surface area (Å²) in [7, 11) is 0. The van der Waals surface area contributed by atoms with Gasteiger partial charge in [0, 0.05) is 5.02 Å². The topological polar surface area (TPSA) is 43.8 Å². The van der Waals surface area contributed by atoms with E-state index in [1.807, 2.05) is 41.0 Å². The van der Waals surface area contributed by atoms with Gasteiger partial charge in [-0.05, 0) is 42.3 Å². The van der Waals surface area contributed by atoms with E-state index in [-0.39, 0.29) is 0 Å². The summed E-state index contributed by atoms with van der Waals surface area (Å²) in [6, 6.07) is 13.9. The molecule has 0 atom stereocenters. The first-order chi connectivity index (χ1) is 9.13. The van der Waals surface area contributed by atoms with E-state index in [0.29, 0.717) is 12.5 Å². The summed E-state index contributed by atoms with van der Waals surface area (Å²) >= 11 is 6.01. The number of imidazole rings is 1. The van der Waals surface area contributed by atoms with E-state index in [1.54, 1.807) is 0 Å². The summed E-state index contributed by atoms with van der Waals surface area (Å²) in [6.07, 6.45) is 0. The van der Waals surface area contributed by atoms with Crippen molar-refractivity contribution in [3.63, 3.8) is 0 Å². The maximum atomic E-state index is 6.01. The van der Waals surface area contributed by atoms with Crippen LogP contribution in [0.25, 0.3) is 11.0 Å². The molecule has 0 radical (unpaired) electrons. The Labute approximate surface area is 116 Å². The van der Waals surface area contributed by atoms with Crippen molar-refractivity contribution < 1.29 is 0 Å². The molecule has 0 saturated heterocycles. The van der Waals surface area contributed by atoms with Gasteiger partial charge < -0.3 is 10.3 Å². The van der Waals surface area contributed by atoms with Gasteiger partial charge in [0.15, 0.2) is 0 Å². The van der Waals surface area contributed by atoms with Crippen molar-refractivity contribution in [2.45, 2.75) is 13.5 Å². The van der Waals surface area contributed by atoms with Gasteiger partial charge in [-0.15, -0.1) is 0 Å². The van der Waals surface area contributed by atoms with Crippen molar-refractivity contribution >= 4 is 28.6 Å². The fraction of sp³-hybridized carbons (Fsp3) is 0.133. The van der Waals surface area contributed by atoms with Gasteiger partial charge in [-0.1, -0.05) is 29.8 Å². The molecule has 4 heteroatoms. The number of fused-ring (bicyclic) bond motifs is 1. The fourth-order valence-corrected chi connectivity index (χ4v) is 2.45. The Balaban J connectivity index is 2.09. The molecule has 0 fully saturated rings. The lowest BCUT2D eigenvalue weighted by Crippen LogP contribution is -2.04. The zero-order valence-electron chi connectivity index (χ0n) is 10.6. The average Bonchev–Trinajstić information content (AvgIpc) is 2.66. The predicted octanol–water partition coefficient (Wildman–Crippen LogP) is 3.63. The van der Waals surface area contributed by atoms with Gasteiger partial charge in [-0.25, -0.2) is 4.98 Å². The standard InChI is InChI=1S/C15H14ClN3/c1-10-5-6-13-14(7-10)19(15(17)18-13)9-11-3-2-4-12(16)8-11/h2-8H,9H2,1H3,(H2,17,18). The van der Waals surface area contributed by atoms with Gasteiger partial charge in [-0.2, -0.15) is 0 Å². The molecule has 3 nitrogen and oxygen atoms in total. The molecule has 0 unspecified atom stereocenters. The van der Waals surface area contributed by atoms with Crippen LogP contribution in [0.2, 0.25) is 5.02 Å². The minimum Gasteiger partial charge on any atom is -0.369 e. The zero-order chi connectivity index (χ0) is 13.4. The van der Waals surface area contributed by atoms with Crippen LogP contribution < -0.4 is 5.73 Å². The number of halogens is 1. The van der Waals surface area contributed by atoms with Crippen molar-refractivity contribution in [1.29, 1.82) is 0 Å². The Morgan fingerprint density at radius 1 is 1.21 bits per heavy atom. The van der Waals surface area contributed by atoms with Crippen molar-refractivity contribution in [2.75, 3.05) is 5.73 Å². The van der Waals surface area contributed by atoms with E-state index in [4.69, 9.17) is 17.3 Å². The molecule has 0 aliphatic carbocycles. The van der Waals surface area contributed by atoms with Crippen molar-refractivity contribution in [3.8, 4) is 0 Å². The number of anilines is 1. The van der Waals surface area contributed by atoms with Gasteiger partial charge >= 0.3 is 0 Å². The van der Waals surface area contributed by atoms with Crippen LogP contribution >= 0.6 is 11.6 Å². The molecule has 3 rings (SSSR count). The molecule has 0 aliphatic rings. The minimum atomic E-state index is 0.528. The predicted molar refractivity (Wildman–Crippen MR) is 79.4 cm³/mol. The van der Waals surface area contributed by atoms with Crippen LogP contribution in [0.4, 0.5) is 5.95 Å². The monoisotopic (exact) mass is 271 g/mol.